The van der Waals surface area contributed by atoms with Crippen molar-refractivity contribution in [2.75, 3.05) is 6.61 Å². The molecule has 0 aromatic heterocycles. The number of ether oxygens (including phenoxy) is 1. The molecule has 0 saturated heterocycles. The minimum absolute atomic E-state index is 0.227. The van der Waals surface area contributed by atoms with Gasteiger partial charge < -0.3 is 9.84 Å². The van der Waals surface area contributed by atoms with Crippen LogP contribution in [0.15, 0.2) is 53.0 Å². The van der Waals surface area contributed by atoms with Gasteiger partial charge in [-0.15, -0.1) is 0 Å². The fourth-order valence-electron chi connectivity index (χ4n) is 2.60. The Kier molecular flexibility index (Phi) is 4.14. The maximum absolute atomic E-state index is 12.3. The number of aliphatic hydroxyl groups excluding tert-OH is 1. The summed E-state index contributed by atoms with van der Waals surface area (Å²) in [7, 11) is 0. The molecule has 0 bridgehead atoms. The van der Waals surface area contributed by atoms with Crippen LogP contribution < -0.4 is 0 Å². The van der Waals surface area contributed by atoms with Crippen LogP contribution >= 0.6 is 15.9 Å². The van der Waals surface area contributed by atoms with Gasteiger partial charge >= 0.3 is 5.97 Å². The van der Waals surface area contributed by atoms with Gasteiger partial charge in [-0.05, 0) is 30.2 Å². The zero-order valence-corrected chi connectivity index (χ0v) is 13.6. The van der Waals surface area contributed by atoms with Crippen LogP contribution in [0.2, 0.25) is 0 Å². The van der Waals surface area contributed by atoms with Gasteiger partial charge in [-0.25, -0.2) is 4.79 Å². The Bertz CT molecular complexity index is 730. The van der Waals surface area contributed by atoms with Crippen molar-refractivity contribution < 1.29 is 14.6 Å². The molecule has 0 radical (unpaired) electrons. The van der Waals surface area contributed by atoms with Crippen LogP contribution in [0.5, 0.6) is 0 Å². The first-order valence-corrected chi connectivity index (χ1v) is 7.78. The van der Waals surface area contributed by atoms with E-state index >= 15 is 0 Å². The van der Waals surface area contributed by atoms with Crippen molar-refractivity contribution in [3.8, 4) is 0 Å². The van der Waals surface area contributed by atoms with E-state index in [0.29, 0.717) is 5.57 Å². The molecule has 1 atom stereocenters. The van der Waals surface area contributed by atoms with Crippen molar-refractivity contribution in [3.63, 3.8) is 0 Å². The molecule has 3 rings (SSSR count). The molecule has 0 fully saturated rings. The second kappa shape index (κ2) is 6.07. The summed E-state index contributed by atoms with van der Waals surface area (Å²) in [4.78, 5) is 12.3. The number of hydrogen-bond donors (Lipinski definition) is 1. The number of cyclic esters (lactones) is 1. The Labute approximate surface area is 137 Å². The molecule has 0 spiro atoms. The number of benzene rings is 2. The van der Waals surface area contributed by atoms with Crippen LogP contribution in [0, 0.1) is 6.92 Å². The zero-order chi connectivity index (χ0) is 15.7. The lowest BCUT2D eigenvalue weighted by molar-refractivity contribution is -0.138. The summed E-state index contributed by atoms with van der Waals surface area (Å²) in [5.74, 6) is -0.392. The Morgan fingerprint density at radius 3 is 2.23 bits per heavy atom. The summed E-state index contributed by atoms with van der Waals surface area (Å²) >= 11 is 3.39. The van der Waals surface area contributed by atoms with Gasteiger partial charge in [0.1, 0.15) is 0 Å². The molecule has 0 aliphatic carbocycles. The Morgan fingerprint density at radius 2 is 1.64 bits per heavy atom. The maximum Gasteiger partial charge on any atom is 0.339 e. The average Bonchev–Trinajstić information content (AvgIpc) is 2.85. The molecule has 22 heavy (non-hydrogen) atoms. The summed E-state index contributed by atoms with van der Waals surface area (Å²) < 4.78 is 6.27. The zero-order valence-electron chi connectivity index (χ0n) is 12.0. The van der Waals surface area contributed by atoms with Crippen molar-refractivity contribution in [2.24, 2.45) is 0 Å². The van der Waals surface area contributed by atoms with E-state index in [0.717, 1.165) is 26.7 Å². The van der Waals surface area contributed by atoms with E-state index in [2.05, 4.69) is 15.9 Å². The van der Waals surface area contributed by atoms with Gasteiger partial charge in [0.15, 0.2) is 6.10 Å². The summed E-state index contributed by atoms with van der Waals surface area (Å²) in [6.45, 7) is 1.78. The lowest BCUT2D eigenvalue weighted by Crippen LogP contribution is -2.15. The highest BCUT2D eigenvalue weighted by molar-refractivity contribution is 9.10. The molecule has 2 aromatic rings. The van der Waals surface area contributed by atoms with E-state index in [1.54, 1.807) is 0 Å². The van der Waals surface area contributed by atoms with E-state index in [4.69, 9.17) is 4.74 Å². The van der Waals surface area contributed by atoms with Gasteiger partial charge in [0.2, 0.25) is 0 Å². The molecule has 1 unspecified atom stereocenters. The minimum Gasteiger partial charge on any atom is -0.451 e. The molecule has 3 nitrogen and oxygen atoms in total. The number of rotatable bonds is 3. The van der Waals surface area contributed by atoms with E-state index in [1.165, 1.54) is 0 Å². The van der Waals surface area contributed by atoms with Crippen LogP contribution in [0.4, 0.5) is 0 Å². The fourth-order valence-corrected chi connectivity index (χ4v) is 2.86. The quantitative estimate of drug-likeness (QED) is 0.852. The second-order valence-electron chi connectivity index (χ2n) is 5.24. The Morgan fingerprint density at radius 1 is 1.05 bits per heavy atom. The van der Waals surface area contributed by atoms with Gasteiger partial charge in [0.25, 0.3) is 0 Å². The molecule has 0 amide bonds. The van der Waals surface area contributed by atoms with E-state index in [9.17, 15) is 9.90 Å². The molecule has 1 heterocycles. The van der Waals surface area contributed by atoms with E-state index < -0.39 is 12.1 Å². The predicted octanol–water partition coefficient (Wildman–Crippen LogP) is 3.59. The van der Waals surface area contributed by atoms with Crippen molar-refractivity contribution in [1.82, 2.24) is 0 Å². The lowest BCUT2D eigenvalue weighted by atomic mass is 9.93. The number of carbonyl (C=O) groups excluding carboxylic acids is 1. The van der Waals surface area contributed by atoms with Crippen LogP contribution in [-0.2, 0) is 9.53 Å². The molecular weight excluding hydrogens is 344 g/mol. The highest BCUT2D eigenvalue weighted by Gasteiger charge is 2.35. The van der Waals surface area contributed by atoms with Gasteiger partial charge in [0, 0.05) is 10.0 Å². The van der Waals surface area contributed by atoms with Crippen molar-refractivity contribution in [1.29, 1.82) is 0 Å². The largest absolute Gasteiger partial charge is 0.451 e. The molecule has 112 valence electrons. The summed E-state index contributed by atoms with van der Waals surface area (Å²) in [5.41, 5.74) is 4.10. The van der Waals surface area contributed by atoms with Gasteiger partial charge in [-0.3, -0.25) is 0 Å². The molecular formula is C18H15BrO3. The average molecular weight is 359 g/mol. The number of aryl methyl sites for hydroxylation is 1. The maximum atomic E-state index is 12.3. The first kappa shape index (κ1) is 15.0. The summed E-state index contributed by atoms with van der Waals surface area (Å²) in [6.07, 6.45) is -0.617. The second-order valence-corrected chi connectivity index (χ2v) is 6.15. The molecule has 1 aliphatic rings. The fraction of sp³-hybridized carbons (Fsp3) is 0.167. The van der Waals surface area contributed by atoms with Gasteiger partial charge in [0.05, 0.1) is 12.2 Å². The van der Waals surface area contributed by atoms with Crippen LogP contribution in [0.25, 0.3) is 11.1 Å². The first-order valence-electron chi connectivity index (χ1n) is 6.99. The molecule has 1 N–H and O–H groups in total. The van der Waals surface area contributed by atoms with Gasteiger partial charge in [-0.1, -0.05) is 57.9 Å². The van der Waals surface area contributed by atoms with Crippen LogP contribution in [-0.4, -0.2) is 23.8 Å². The highest BCUT2D eigenvalue weighted by atomic mass is 79.9. The minimum atomic E-state index is -0.617. The van der Waals surface area contributed by atoms with Crippen molar-refractivity contribution in [2.45, 2.75) is 13.0 Å². The number of carbonyl (C=O) groups is 1. The standard InChI is InChI=1S/C18H15BrO3/c1-11-2-4-12(5-3-11)16-15(10-20)22-18(21)17(16)13-6-8-14(19)9-7-13/h2-9,15,20H,10H2,1H3. The van der Waals surface area contributed by atoms with Crippen LogP contribution in [0.3, 0.4) is 0 Å². The Balaban J connectivity index is 2.18. The first-order chi connectivity index (χ1) is 10.6. The number of esters is 1. The van der Waals surface area contributed by atoms with Crippen molar-refractivity contribution >= 4 is 33.0 Å². The van der Waals surface area contributed by atoms with E-state index in [-0.39, 0.29) is 6.61 Å². The normalized spacial score (nSPS) is 17.8. The molecule has 0 saturated carbocycles. The van der Waals surface area contributed by atoms with Crippen molar-refractivity contribution in [3.05, 3.63) is 69.7 Å². The number of halogens is 1. The molecule has 4 heteroatoms. The highest BCUT2D eigenvalue weighted by Crippen LogP contribution is 2.37. The summed E-state index contributed by atoms with van der Waals surface area (Å²) in [6, 6.07) is 15.4. The number of aliphatic hydroxyl groups is 1. The third-order valence-electron chi connectivity index (χ3n) is 3.71. The third kappa shape index (κ3) is 2.72. The molecule has 1 aliphatic heterocycles. The smallest absolute Gasteiger partial charge is 0.339 e. The van der Waals surface area contributed by atoms with Crippen LogP contribution in [0.1, 0.15) is 16.7 Å². The molecule has 2 aromatic carbocycles. The predicted molar refractivity (Wildman–Crippen MR) is 89.1 cm³/mol. The van der Waals surface area contributed by atoms with E-state index in [1.807, 2.05) is 55.5 Å². The summed E-state index contributed by atoms with van der Waals surface area (Å²) in [5, 5.41) is 9.56. The lowest BCUT2D eigenvalue weighted by Gasteiger charge is -2.12. The number of hydrogen-bond acceptors (Lipinski definition) is 3. The monoisotopic (exact) mass is 358 g/mol. The Hall–Kier alpha value is -1.91. The van der Waals surface area contributed by atoms with Gasteiger partial charge in [-0.2, -0.15) is 0 Å². The SMILES string of the molecule is Cc1ccc(C2=C(c3ccc(Br)cc3)C(=O)OC2CO)cc1. The third-order valence-corrected chi connectivity index (χ3v) is 4.23. The topological polar surface area (TPSA) is 46.5 Å².